The molecule has 4 N–H and O–H groups in total. The Morgan fingerprint density at radius 1 is 0.620 bits per heavy atom. The van der Waals surface area contributed by atoms with Gasteiger partial charge in [-0.3, -0.25) is 44.0 Å². The van der Waals surface area contributed by atoms with Gasteiger partial charge in [-0.1, -0.05) is 56.2 Å². The van der Waals surface area contributed by atoms with Gasteiger partial charge in [0.1, 0.15) is 18.2 Å². The van der Waals surface area contributed by atoms with Crippen molar-refractivity contribution in [1.82, 2.24) is 25.3 Å². The average molecular weight is 1510 g/mol. The molecule has 5 aliphatic heterocycles. The first-order chi connectivity index (χ1) is 52.1. The number of aliphatic imine (C=N–C) groups is 1. The Balaban J connectivity index is 0.646. The van der Waals surface area contributed by atoms with Crippen molar-refractivity contribution in [2.24, 2.45) is 22.7 Å². The van der Waals surface area contributed by atoms with Gasteiger partial charge in [0, 0.05) is 87.8 Å². The third kappa shape index (κ3) is 25.4. The van der Waals surface area contributed by atoms with Crippen molar-refractivity contribution >= 4 is 70.6 Å². The number of fused-ring (bicyclic) bond motifs is 4. The van der Waals surface area contributed by atoms with Gasteiger partial charge in [0.05, 0.1) is 174 Å². The third-order valence-electron chi connectivity index (χ3n) is 18.7. The molecule has 30 nitrogen and oxygen atoms in total. The molecule has 1 fully saturated rings. The van der Waals surface area contributed by atoms with E-state index < -0.39 is 42.1 Å². The number of aliphatic hydroxyl groups excluding tert-OH is 1. The number of ketones is 2. The number of carbonyl (C=O) groups is 8. The summed E-state index contributed by atoms with van der Waals surface area (Å²) in [7, 11) is 2.97. The maximum absolute atomic E-state index is 14.3. The standard InChI is InChI=1S/C78H108N8O22/c1-51(2)60(42-59(87)17-22-98-24-26-100-28-30-102-32-34-104-36-37-105-35-33-103-31-29-101-27-25-99-23-18-80-71(89)16-19-83-72(90)40-54(5)73(83)79)74(91)82-55(6)66(88)41-56-12-14-57(15-13-56)50-108-78(95)86-64-46-70(68(97-8)44-62(64)76(93)85-49-53(4)39-65(85)77(86)94)107-21-11-9-10-20-106-69-45-63-61(43-67(69)96-7)75(92)84-48-52(3)38-58(84)47-81-63/h12-15,43-49,51,54-55,58,60,65,77,79,94H,9-11,16-42,50H2,1-8H3,(H,80,89)(H,82,91)/t54?,55-,58-,60-,65-,77-/m0/s1. The summed E-state index contributed by atoms with van der Waals surface area (Å²) in [5.74, 6) is -0.992. The summed E-state index contributed by atoms with van der Waals surface area (Å²) in [5, 5.41) is 25.5. The average Bonchev–Trinajstić information content (AvgIpc) is 1.30. The fourth-order valence-electron chi connectivity index (χ4n) is 12.6. The van der Waals surface area contributed by atoms with Gasteiger partial charge >= 0.3 is 6.09 Å². The van der Waals surface area contributed by atoms with Crippen LogP contribution in [0.2, 0.25) is 0 Å². The van der Waals surface area contributed by atoms with Crippen LogP contribution in [0.4, 0.5) is 16.2 Å². The van der Waals surface area contributed by atoms with E-state index in [4.69, 9.17) is 67.0 Å². The lowest BCUT2D eigenvalue weighted by atomic mass is 9.88. The van der Waals surface area contributed by atoms with Crippen molar-refractivity contribution in [1.29, 1.82) is 5.41 Å². The number of ether oxygens (including phenoxy) is 13. The first-order valence-corrected chi connectivity index (χ1v) is 37.2. The minimum absolute atomic E-state index is 0.00979. The van der Waals surface area contributed by atoms with E-state index >= 15 is 0 Å². The molecule has 592 valence electrons. The number of unbranched alkanes of at least 4 members (excludes halogenated alkanes) is 2. The van der Waals surface area contributed by atoms with Crippen LogP contribution in [0.3, 0.4) is 0 Å². The lowest BCUT2D eigenvalue weighted by Crippen LogP contribution is -2.50. The van der Waals surface area contributed by atoms with Crippen LogP contribution in [-0.2, 0) is 79.6 Å². The fraction of sp³-hybridized carbons (Fsp3) is 0.590. The fourth-order valence-corrected chi connectivity index (χ4v) is 12.6. The van der Waals surface area contributed by atoms with Crippen LogP contribution >= 0.6 is 0 Å². The summed E-state index contributed by atoms with van der Waals surface area (Å²) < 4.78 is 73.8. The molecule has 108 heavy (non-hydrogen) atoms. The highest BCUT2D eigenvalue weighted by Crippen LogP contribution is 2.43. The van der Waals surface area contributed by atoms with E-state index in [9.17, 15) is 43.5 Å². The first-order valence-electron chi connectivity index (χ1n) is 37.2. The van der Waals surface area contributed by atoms with Crippen molar-refractivity contribution in [3.8, 4) is 23.0 Å². The molecule has 0 aromatic heterocycles. The Bertz CT molecular complexity index is 3620. The van der Waals surface area contributed by atoms with E-state index in [0.29, 0.717) is 172 Å². The predicted molar refractivity (Wildman–Crippen MR) is 397 cm³/mol. The Morgan fingerprint density at radius 3 is 1.71 bits per heavy atom. The van der Waals surface area contributed by atoms with Gasteiger partial charge in [-0.2, -0.15) is 0 Å². The van der Waals surface area contributed by atoms with Crippen LogP contribution in [0, 0.1) is 23.2 Å². The van der Waals surface area contributed by atoms with Crippen LogP contribution in [0.15, 0.2) is 77.1 Å². The predicted octanol–water partition coefficient (Wildman–Crippen LogP) is 7.48. The third-order valence-corrected chi connectivity index (χ3v) is 18.7. The second-order valence-electron chi connectivity index (χ2n) is 27.4. The lowest BCUT2D eigenvalue weighted by Gasteiger charge is -2.31. The van der Waals surface area contributed by atoms with Crippen molar-refractivity contribution in [2.75, 3.05) is 151 Å². The highest BCUT2D eigenvalue weighted by Gasteiger charge is 2.45. The normalized spacial score (nSPS) is 17.9. The number of benzene rings is 3. The number of rotatable bonds is 50. The van der Waals surface area contributed by atoms with E-state index in [0.717, 1.165) is 22.5 Å². The Kier molecular flexibility index (Phi) is 34.6. The zero-order valence-electron chi connectivity index (χ0n) is 63.6. The topological polar surface area (TPSA) is 350 Å². The minimum atomic E-state index is -1.51. The molecule has 1 unspecified atom stereocenters. The maximum atomic E-state index is 14.3. The van der Waals surface area contributed by atoms with E-state index in [-0.39, 0.29) is 134 Å². The zero-order valence-corrected chi connectivity index (χ0v) is 63.6. The number of anilines is 1. The molecular formula is C78H108N8O22. The molecule has 0 saturated carbocycles. The van der Waals surface area contributed by atoms with Gasteiger partial charge < -0.3 is 92.0 Å². The van der Waals surface area contributed by atoms with E-state index in [1.807, 2.05) is 40.8 Å². The van der Waals surface area contributed by atoms with Crippen LogP contribution in [0.25, 0.3) is 0 Å². The highest BCUT2D eigenvalue weighted by molar-refractivity contribution is 6.07. The summed E-state index contributed by atoms with van der Waals surface area (Å²) in [4.78, 5) is 116. The monoisotopic (exact) mass is 1510 g/mol. The van der Waals surface area contributed by atoms with Gasteiger partial charge in [-0.05, 0) is 82.1 Å². The van der Waals surface area contributed by atoms with Gasteiger partial charge in [0.2, 0.25) is 17.7 Å². The number of hydrogen-bond acceptors (Lipinski definition) is 24. The van der Waals surface area contributed by atoms with Crippen LogP contribution < -0.4 is 34.5 Å². The number of methoxy groups -OCH3 is 2. The largest absolute Gasteiger partial charge is 0.493 e. The number of amides is 6. The molecule has 3 aromatic rings. The molecule has 6 amide bonds. The second kappa shape index (κ2) is 44.1. The number of hydrogen-bond donors (Lipinski definition) is 4. The molecule has 0 spiro atoms. The zero-order chi connectivity index (χ0) is 77.5. The van der Waals surface area contributed by atoms with Crippen molar-refractivity contribution in [3.05, 3.63) is 94.3 Å². The Labute approximate surface area is 631 Å². The van der Waals surface area contributed by atoms with E-state index in [1.165, 1.54) is 36.2 Å². The molecule has 5 aliphatic rings. The first kappa shape index (κ1) is 84.9. The van der Waals surface area contributed by atoms with Crippen molar-refractivity contribution < 1.29 is 105 Å². The summed E-state index contributed by atoms with van der Waals surface area (Å²) in [5.41, 5.74) is 4.28. The van der Waals surface area contributed by atoms with Crippen LogP contribution in [0.1, 0.15) is 131 Å². The van der Waals surface area contributed by atoms with Gasteiger partial charge in [0.15, 0.2) is 35.0 Å². The minimum Gasteiger partial charge on any atom is -0.493 e. The number of Topliss-reactive ketones (excluding diaryl/α,β-unsaturated/α-hetero) is 2. The Hall–Kier alpha value is -8.72. The number of aliphatic hydroxyl groups is 1. The molecule has 30 heteroatoms. The van der Waals surface area contributed by atoms with Crippen LogP contribution in [-0.4, -0.2) is 250 Å². The van der Waals surface area contributed by atoms with Crippen LogP contribution in [0.5, 0.6) is 23.0 Å². The molecular weight excluding hydrogens is 1400 g/mol. The number of nitrogens with zero attached hydrogens (tertiary/aromatic N) is 5. The molecule has 5 heterocycles. The van der Waals surface area contributed by atoms with Gasteiger partial charge in [-0.15, -0.1) is 0 Å². The quantitative estimate of drug-likeness (QED) is 0.0398. The summed E-state index contributed by atoms with van der Waals surface area (Å²) in [6.07, 6.45) is 6.41. The lowest BCUT2D eigenvalue weighted by molar-refractivity contribution is -0.133. The summed E-state index contributed by atoms with van der Waals surface area (Å²) >= 11 is 0. The summed E-state index contributed by atoms with van der Waals surface area (Å²) in [6, 6.07) is 11.5. The second-order valence-corrected chi connectivity index (χ2v) is 27.4. The number of carbonyl (C=O) groups excluding carboxylic acids is 8. The van der Waals surface area contributed by atoms with Gasteiger partial charge in [-0.25, -0.2) is 9.69 Å². The highest BCUT2D eigenvalue weighted by atomic mass is 16.6. The molecule has 3 aromatic carbocycles. The number of amidine groups is 1. The maximum Gasteiger partial charge on any atom is 0.416 e. The van der Waals surface area contributed by atoms with Crippen molar-refractivity contribution in [2.45, 2.75) is 137 Å². The summed E-state index contributed by atoms with van der Waals surface area (Å²) in [6.45, 7) is 17.7. The molecule has 0 bridgehead atoms. The molecule has 6 atom stereocenters. The SMILES string of the molecule is COc1cc2c(cc1OCCCCCOc1cc3c(cc1OC)C(=O)N1C=C(C)C[C@H]1[C@H](O)N3C(=O)OCc1ccc(CC(=O)[C@H](C)NC(=O)[C@@H](CC(=O)CCOCCOCCOCCOCCOCCOCCOCCOCCNC(=O)CCN3C(=N)C(C)CC3=O)C(C)C)cc1)N=C[C@@H]1CC(C)=CN1C2=O. The number of likely N-dealkylation sites (tertiary alicyclic amines) is 1. The van der Waals surface area contributed by atoms with E-state index in [2.05, 4.69) is 15.6 Å². The Morgan fingerprint density at radius 2 is 1.15 bits per heavy atom. The molecule has 0 radical (unpaired) electrons. The molecule has 8 rings (SSSR count). The smallest absolute Gasteiger partial charge is 0.416 e. The number of nitrogens with one attached hydrogen (secondary N) is 3. The molecule has 1 saturated heterocycles. The van der Waals surface area contributed by atoms with Gasteiger partial charge in [0.25, 0.3) is 11.8 Å². The van der Waals surface area contributed by atoms with Crippen molar-refractivity contribution in [3.63, 3.8) is 0 Å². The molecule has 0 aliphatic carbocycles. The van der Waals surface area contributed by atoms with E-state index in [1.54, 1.807) is 60.6 Å².